The molecule has 0 aromatic carbocycles. The van der Waals surface area contributed by atoms with Crippen LogP contribution < -0.4 is 0 Å². The number of ketones is 1. The van der Waals surface area contributed by atoms with Gasteiger partial charge < -0.3 is 4.79 Å². The summed E-state index contributed by atoms with van der Waals surface area (Å²) in [5.74, 6) is -1.50. The molecule has 0 aromatic heterocycles. The number of Topliss-reactive ketones (excluding diaryl/α,β-unsaturated/α-hetero) is 1. The molecule has 0 N–H and O–H groups in total. The minimum Gasteiger partial charge on any atom is -0.300 e. The lowest BCUT2D eigenvalue weighted by Gasteiger charge is -1.94. The van der Waals surface area contributed by atoms with Crippen molar-refractivity contribution in [2.45, 2.75) is 61.8 Å². The van der Waals surface area contributed by atoms with Gasteiger partial charge in [0.25, 0.3) is 0 Å². The molecular formula is C11H26F2O. The third-order valence-electron chi connectivity index (χ3n) is 0. The van der Waals surface area contributed by atoms with E-state index in [0.29, 0.717) is 0 Å². The highest BCUT2D eigenvalue weighted by molar-refractivity contribution is 5.72. The molecule has 1 nitrogen and oxygen atoms in total. The smallest absolute Gasteiger partial charge is 0.242 e. The summed E-state index contributed by atoms with van der Waals surface area (Å²) in [6.45, 7) is 11.3. The van der Waals surface area contributed by atoms with Crippen LogP contribution in [0.25, 0.3) is 0 Å². The Kier molecular flexibility index (Phi) is 20.9. The largest absolute Gasteiger partial charge is 0.300 e. The van der Waals surface area contributed by atoms with Gasteiger partial charge in [-0.05, 0) is 33.6 Å². The molecule has 0 saturated carbocycles. The zero-order valence-corrected chi connectivity index (χ0v) is 9.74. The Bertz CT molecular complexity index is 102. The predicted molar refractivity (Wildman–Crippen MR) is 59.9 cm³/mol. The number of halogens is 2. The summed E-state index contributed by atoms with van der Waals surface area (Å²) in [5, 5.41) is 0. The number of carbonyl (C=O) groups excluding carboxylic acids is 1. The molecule has 0 rings (SSSR count). The highest BCUT2D eigenvalue weighted by Gasteiger charge is 2.08. The molecule has 0 radical (unpaired) electrons. The van der Waals surface area contributed by atoms with Crippen molar-refractivity contribution >= 4 is 5.78 Å². The first-order chi connectivity index (χ1) is 5.46. The van der Waals surface area contributed by atoms with Crippen molar-refractivity contribution in [3.05, 3.63) is 0 Å². The zero-order chi connectivity index (χ0) is 11.7. The van der Waals surface area contributed by atoms with Gasteiger partial charge in [0.1, 0.15) is 5.78 Å². The van der Waals surface area contributed by atoms with Gasteiger partial charge in [-0.1, -0.05) is 28.2 Å². The molecule has 0 unspecified atom stereocenters. The van der Waals surface area contributed by atoms with Crippen LogP contribution in [0.15, 0.2) is 0 Å². The van der Waals surface area contributed by atoms with Crippen LogP contribution in [-0.4, -0.2) is 11.7 Å². The molecular weight excluding hydrogens is 186 g/mol. The first kappa shape index (κ1) is 23.4. The molecule has 0 aromatic rings. The van der Waals surface area contributed by atoms with Crippen LogP contribution in [0.2, 0.25) is 0 Å². The van der Waals surface area contributed by atoms with Crippen molar-refractivity contribution in [2.24, 2.45) is 5.92 Å². The van der Waals surface area contributed by atoms with E-state index in [4.69, 9.17) is 0 Å². The minimum atomic E-state index is -2.50. The van der Waals surface area contributed by atoms with Crippen LogP contribution in [0.3, 0.4) is 0 Å². The van der Waals surface area contributed by atoms with E-state index in [1.54, 1.807) is 0 Å². The van der Waals surface area contributed by atoms with Crippen molar-refractivity contribution in [3.8, 4) is 0 Å². The SMILES string of the molecule is C.CC(C)(F)F.CC(C)=O.CC(C)C. The van der Waals surface area contributed by atoms with Gasteiger partial charge in [-0.3, -0.25) is 0 Å². The molecule has 14 heavy (non-hydrogen) atoms. The Morgan fingerprint density at radius 1 is 1.07 bits per heavy atom. The number of rotatable bonds is 0. The van der Waals surface area contributed by atoms with E-state index in [1.165, 1.54) is 13.8 Å². The van der Waals surface area contributed by atoms with Gasteiger partial charge in [0.15, 0.2) is 0 Å². The minimum absolute atomic E-state index is 0. The standard InChI is InChI=1S/C4H10.C3H6F2.C3H6O.CH4/c1-4(2)3;1-3(2,4)5;1-3(2)4;/h4H,1-3H3;1-2H3;1-2H3;1H4. The van der Waals surface area contributed by atoms with Gasteiger partial charge in [-0.25, -0.2) is 8.78 Å². The highest BCUT2D eigenvalue weighted by Crippen LogP contribution is 2.06. The first-order valence-corrected chi connectivity index (χ1v) is 4.31. The van der Waals surface area contributed by atoms with Gasteiger partial charge in [0.2, 0.25) is 5.92 Å². The third-order valence-corrected chi connectivity index (χ3v) is 0. The van der Waals surface area contributed by atoms with E-state index < -0.39 is 5.92 Å². The molecule has 0 aliphatic rings. The van der Waals surface area contributed by atoms with Crippen LogP contribution in [0.1, 0.15) is 55.9 Å². The fourth-order valence-electron chi connectivity index (χ4n) is 0. The average molecular weight is 212 g/mol. The van der Waals surface area contributed by atoms with E-state index in [9.17, 15) is 13.6 Å². The van der Waals surface area contributed by atoms with E-state index in [1.807, 2.05) is 0 Å². The quantitative estimate of drug-likeness (QED) is 0.575. The summed E-state index contributed by atoms with van der Waals surface area (Å²) in [6, 6.07) is 0. The zero-order valence-electron chi connectivity index (χ0n) is 9.74. The normalized spacial score (nSPS) is 8.71. The number of carbonyl (C=O) groups is 1. The summed E-state index contributed by atoms with van der Waals surface area (Å²) in [7, 11) is 0. The van der Waals surface area contributed by atoms with Gasteiger partial charge >= 0.3 is 0 Å². The van der Waals surface area contributed by atoms with Crippen LogP contribution in [0, 0.1) is 5.92 Å². The second-order valence-corrected chi connectivity index (χ2v) is 3.97. The van der Waals surface area contributed by atoms with Gasteiger partial charge in [-0.2, -0.15) is 0 Å². The van der Waals surface area contributed by atoms with Gasteiger partial charge in [0.05, 0.1) is 0 Å². The van der Waals surface area contributed by atoms with Crippen molar-refractivity contribution in [1.29, 1.82) is 0 Å². The highest BCUT2D eigenvalue weighted by atomic mass is 19.3. The van der Waals surface area contributed by atoms with Crippen molar-refractivity contribution in [2.75, 3.05) is 0 Å². The predicted octanol–water partition coefficient (Wildman–Crippen LogP) is 4.56. The third kappa shape index (κ3) is 5790. The molecule has 0 aliphatic heterocycles. The van der Waals surface area contributed by atoms with Gasteiger partial charge in [-0.15, -0.1) is 0 Å². The second kappa shape index (κ2) is 12.5. The molecule has 0 heterocycles. The van der Waals surface area contributed by atoms with E-state index in [0.717, 1.165) is 19.8 Å². The molecule has 0 bridgehead atoms. The molecule has 0 fully saturated rings. The van der Waals surface area contributed by atoms with E-state index in [-0.39, 0.29) is 13.2 Å². The molecule has 3 heteroatoms. The molecule has 0 atom stereocenters. The Balaban J connectivity index is -0.0000000522. The van der Waals surface area contributed by atoms with E-state index >= 15 is 0 Å². The maximum atomic E-state index is 11.0. The monoisotopic (exact) mass is 212 g/mol. The van der Waals surface area contributed by atoms with Crippen molar-refractivity contribution in [3.63, 3.8) is 0 Å². The maximum absolute atomic E-state index is 11.0. The Labute approximate surface area is 87.9 Å². The Hall–Kier alpha value is -0.470. The van der Waals surface area contributed by atoms with Crippen LogP contribution in [0.4, 0.5) is 8.78 Å². The molecule has 90 valence electrons. The molecule has 0 spiro atoms. The molecule has 0 aliphatic carbocycles. The topological polar surface area (TPSA) is 17.1 Å². The Morgan fingerprint density at radius 2 is 1.07 bits per heavy atom. The number of alkyl halides is 2. The summed E-state index contributed by atoms with van der Waals surface area (Å²) in [6.07, 6.45) is 0. The summed E-state index contributed by atoms with van der Waals surface area (Å²) in [5.41, 5.74) is 0. The second-order valence-electron chi connectivity index (χ2n) is 3.97. The van der Waals surface area contributed by atoms with Crippen LogP contribution in [-0.2, 0) is 4.79 Å². The molecule has 0 saturated heterocycles. The maximum Gasteiger partial charge on any atom is 0.242 e. The summed E-state index contributed by atoms with van der Waals surface area (Å²) in [4.78, 5) is 9.44. The number of hydrogen-bond donors (Lipinski definition) is 0. The summed E-state index contributed by atoms with van der Waals surface area (Å²) >= 11 is 0. The average Bonchev–Trinajstić information content (AvgIpc) is 1.50. The molecule has 0 amide bonds. The first-order valence-electron chi connectivity index (χ1n) is 4.31. The summed E-state index contributed by atoms with van der Waals surface area (Å²) < 4.78 is 22.0. The lowest BCUT2D eigenvalue weighted by Crippen LogP contribution is -1.98. The van der Waals surface area contributed by atoms with Crippen LogP contribution >= 0.6 is 0 Å². The van der Waals surface area contributed by atoms with Gasteiger partial charge in [0, 0.05) is 0 Å². The fourth-order valence-corrected chi connectivity index (χ4v) is 0. The lowest BCUT2D eigenvalue weighted by atomic mass is 10.3. The van der Waals surface area contributed by atoms with Crippen LogP contribution in [0.5, 0.6) is 0 Å². The Morgan fingerprint density at radius 3 is 1.07 bits per heavy atom. The van der Waals surface area contributed by atoms with Crippen molar-refractivity contribution < 1.29 is 13.6 Å². The van der Waals surface area contributed by atoms with E-state index in [2.05, 4.69) is 20.8 Å². The fraction of sp³-hybridized carbons (Fsp3) is 0.909. The van der Waals surface area contributed by atoms with Crippen molar-refractivity contribution in [1.82, 2.24) is 0 Å². The lowest BCUT2D eigenvalue weighted by molar-refractivity contribution is -0.114. The number of hydrogen-bond acceptors (Lipinski definition) is 1.